The van der Waals surface area contributed by atoms with Crippen LogP contribution in [-0.2, 0) is 0 Å². The molecule has 0 heterocycles. The molecule has 1 aliphatic carbocycles. The molecule has 82 valence electrons. The molecule has 0 spiro atoms. The van der Waals surface area contributed by atoms with Gasteiger partial charge in [-0.3, -0.25) is 5.32 Å². The number of alkyl halides is 3. The van der Waals surface area contributed by atoms with E-state index in [4.69, 9.17) is 0 Å². The van der Waals surface area contributed by atoms with Gasteiger partial charge in [-0.15, -0.1) is 0 Å². The Bertz CT molecular complexity index is 316. The van der Waals surface area contributed by atoms with Crippen molar-refractivity contribution in [2.24, 2.45) is 0 Å². The van der Waals surface area contributed by atoms with Crippen LogP contribution in [0.15, 0.2) is 30.3 Å². The molecular formula is C11H12F3N. The van der Waals surface area contributed by atoms with Gasteiger partial charge in [0.15, 0.2) is 0 Å². The van der Waals surface area contributed by atoms with Gasteiger partial charge in [0.2, 0.25) is 0 Å². The monoisotopic (exact) mass is 215 g/mol. The van der Waals surface area contributed by atoms with Gasteiger partial charge in [0.05, 0.1) is 0 Å². The highest BCUT2D eigenvalue weighted by Crippen LogP contribution is 2.35. The first-order valence-electron chi connectivity index (χ1n) is 4.95. The van der Waals surface area contributed by atoms with Crippen LogP contribution in [0.25, 0.3) is 0 Å². The number of rotatable bonds is 3. The van der Waals surface area contributed by atoms with Crippen LogP contribution >= 0.6 is 0 Å². The molecule has 1 nitrogen and oxygen atoms in total. The zero-order valence-electron chi connectivity index (χ0n) is 8.09. The minimum atomic E-state index is -4.22. The Labute approximate surface area is 86.3 Å². The second-order valence-corrected chi connectivity index (χ2v) is 3.83. The lowest BCUT2D eigenvalue weighted by molar-refractivity contribution is -0.158. The van der Waals surface area contributed by atoms with Crippen molar-refractivity contribution in [3.05, 3.63) is 35.9 Å². The molecule has 0 amide bonds. The lowest BCUT2D eigenvalue weighted by Crippen LogP contribution is -2.35. The topological polar surface area (TPSA) is 12.0 Å². The zero-order chi connectivity index (χ0) is 10.9. The van der Waals surface area contributed by atoms with Crippen molar-refractivity contribution in [2.45, 2.75) is 31.1 Å². The predicted octanol–water partition coefficient (Wildman–Crippen LogP) is 3.04. The van der Waals surface area contributed by atoms with Gasteiger partial charge in [0, 0.05) is 6.04 Å². The van der Waals surface area contributed by atoms with Gasteiger partial charge in [0.25, 0.3) is 0 Å². The van der Waals surface area contributed by atoms with E-state index >= 15 is 0 Å². The Hall–Kier alpha value is -1.03. The van der Waals surface area contributed by atoms with Gasteiger partial charge in [-0.1, -0.05) is 30.3 Å². The second kappa shape index (κ2) is 3.85. The minimum Gasteiger partial charge on any atom is -0.300 e. The number of hydrogen-bond donors (Lipinski definition) is 1. The van der Waals surface area contributed by atoms with Gasteiger partial charge in [0.1, 0.15) is 6.04 Å². The van der Waals surface area contributed by atoms with Crippen LogP contribution in [0.3, 0.4) is 0 Å². The molecule has 1 aromatic rings. The summed E-state index contributed by atoms with van der Waals surface area (Å²) in [4.78, 5) is 0. The maximum absolute atomic E-state index is 12.7. The molecule has 0 radical (unpaired) electrons. The normalized spacial score (nSPS) is 18.9. The van der Waals surface area contributed by atoms with Crippen molar-refractivity contribution in [3.8, 4) is 0 Å². The summed E-state index contributed by atoms with van der Waals surface area (Å²) in [5.74, 6) is 0. The number of halogens is 3. The lowest BCUT2D eigenvalue weighted by Gasteiger charge is -2.21. The van der Waals surface area contributed by atoms with Crippen LogP contribution in [0.2, 0.25) is 0 Å². The lowest BCUT2D eigenvalue weighted by atomic mass is 10.1. The van der Waals surface area contributed by atoms with E-state index < -0.39 is 12.2 Å². The molecule has 2 rings (SSSR count). The Morgan fingerprint density at radius 3 is 2.20 bits per heavy atom. The second-order valence-electron chi connectivity index (χ2n) is 3.83. The van der Waals surface area contributed by atoms with Crippen LogP contribution in [0.5, 0.6) is 0 Å². The molecule has 0 aliphatic heterocycles. The van der Waals surface area contributed by atoms with E-state index in [0.717, 1.165) is 12.8 Å². The smallest absolute Gasteiger partial charge is 0.300 e. The maximum atomic E-state index is 12.7. The zero-order valence-corrected chi connectivity index (χ0v) is 8.09. The van der Waals surface area contributed by atoms with Crippen LogP contribution in [0.1, 0.15) is 24.4 Å². The van der Waals surface area contributed by atoms with Crippen LogP contribution in [0, 0.1) is 0 Å². The van der Waals surface area contributed by atoms with Crippen LogP contribution < -0.4 is 5.32 Å². The van der Waals surface area contributed by atoms with Crippen LogP contribution in [-0.4, -0.2) is 12.2 Å². The third-order valence-electron chi connectivity index (χ3n) is 2.44. The van der Waals surface area contributed by atoms with E-state index in [2.05, 4.69) is 5.32 Å². The number of hydrogen-bond acceptors (Lipinski definition) is 1. The quantitative estimate of drug-likeness (QED) is 0.817. The van der Waals surface area contributed by atoms with Gasteiger partial charge in [-0.2, -0.15) is 13.2 Å². The highest BCUT2D eigenvalue weighted by molar-refractivity contribution is 5.20. The van der Waals surface area contributed by atoms with Crippen LogP contribution in [0.4, 0.5) is 13.2 Å². The summed E-state index contributed by atoms with van der Waals surface area (Å²) in [6.45, 7) is 0. The van der Waals surface area contributed by atoms with Gasteiger partial charge < -0.3 is 0 Å². The summed E-state index contributed by atoms with van der Waals surface area (Å²) in [5.41, 5.74) is 0.289. The van der Waals surface area contributed by atoms with E-state index in [0.29, 0.717) is 0 Å². The Balaban J connectivity index is 2.17. The summed E-state index contributed by atoms with van der Waals surface area (Å²) in [5, 5.41) is 2.62. The molecule has 1 saturated carbocycles. The van der Waals surface area contributed by atoms with Crippen molar-refractivity contribution in [1.29, 1.82) is 0 Å². The fourth-order valence-corrected chi connectivity index (χ4v) is 1.51. The average molecular weight is 215 g/mol. The molecule has 1 fully saturated rings. The molecular weight excluding hydrogens is 203 g/mol. The highest BCUT2D eigenvalue weighted by atomic mass is 19.4. The number of nitrogens with one attached hydrogen (secondary N) is 1. The highest BCUT2D eigenvalue weighted by Gasteiger charge is 2.43. The molecule has 0 bridgehead atoms. The summed E-state index contributed by atoms with van der Waals surface area (Å²) in [6.07, 6.45) is -2.53. The van der Waals surface area contributed by atoms with E-state index in [1.54, 1.807) is 18.2 Å². The first-order chi connectivity index (χ1) is 7.07. The Morgan fingerprint density at radius 2 is 1.73 bits per heavy atom. The standard InChI is InChI=1S/C11H12F3N/c12-11(13,14)10(15-9-6-7-9)8-4-2-1-3-5-8/h1-5,9-10,15H,6-7H2. The van der Waals surface area contributed by atoms with Crippen molar-refractivity contribution < 1.29 is 13.2 Å². The molecule has 0 saturated heterocycles. The molecule has 1 unspecified atom stereocenters. The maximum Gasteiger partial charge on any atom is 0.407 e. The molecule has 4 heteroatoms. The van der Waals surface area contributed by atoms with E-state index in [1.807, 2.05) is 0 Å². The van der Waals surface area contributed by atoms with Crippen molar-refractivity contribution in [2.75, 3.05) is 0 Å². The fourth-order valence-electron chi connectivity index (χ4n) is 1.51. The molecule has 1 N–H and O–H groups in total. The molecule has 1 atom stereocenters. The van der Waals surface area contributed by atoms with Crippen molar-refractivity contribution in [3.63, 3.8) is 0 Å². The Morgan fingerprint density at radius 1 is 1.13 bits per heavy atom. The van der Waals surface area contributed by atoms with Crippen molar-refractivity contribution >= 4 is 0 Å². The first-order valence-corrected chi connectivity index (χ1v) is 4.95. The largest absolute Gasteiger partial charge is 0.407 e. The summed E-state index contributed by atoms with van der Waals surface area (Å²) < 4.78 is 38.2. The van der Waals surface area contributed by atoms with Gasteiger partial charge in [-0.25, -0.2) is 0 Å². The fraction of sp³-hybridized carbons (Fsp3) is 0.455. The van der Waals surface area contributed by atoms with Crippen molar-refractivity contribution in [1.82, 2.24) is 5.32 Å². The predicted molar refractivity (Wildman–Crippen MR) is 51.4 cm³/mol. The van der Waals surface area contributed by atoms with E-state index in [1.165, 1.54) is 12.1 Å². The molecule has 1 aliphatic rings. The average Bonchev–Trinajstić information content (AvgIpc) is 2.97. The number of benzene rings is 1. The summed E-state index contributed by atoms with van der Waals surface area (Å²) in [6, 6.07) is 6.50. The summed E-state index contributed by atoms with van der Waals surface area (Å²) in [7, 11) is 0. The Kier molecular flexibility index (Phi) is 2.69. The van der Waals surface area contributed by atoms with E-state index in [-0.39, 0.29) is 11.6 Å². The minimum absolute atomic E-state index is 0.0387. The van der Waals surface area contributed by atoms with E-state index in [9.17, 15) is 13.2 Å². The molecule has 15 heavy (non-hydrogen) atoms. The van der Waals surface area contributed by atoms with Gasteiger partial charge >= 0.3 is 6.18 Å². The summed E-state index contributed by atoms with van der Waals surface area (Å²) >= 11 is 0. The molecule has 1 aromatic carbocycles. The first kappa shape index (κ1) is 10.5. The van der Waals surface area contributed by atoms with Gasteiger partial charge in [-0.05, 0) is 18.4 Å². The third kappa shape index (κ3) is 2.72. The molecule has 0 aromatic heterocycles. The third-order valence-corrected chi connectivity index (χ3v) is 2.44. The SMILES string of the molecule is FC(F)(F)C(NC1CC1)c1ccccc1.